The van der Waals surface area contributed by atoms with Crippen LogP contribution in [0.5, 0.6) is 0 Å². The Kier molecular flexibility index (Phi) is 6.41. The van der Waals surface area contributed by atoms with Crippen LogP contribution in [-0.4, -0.2) is 40.2 Å². The number of amides is 1. The van der Waals surface area contributed by atoms with E-state index in [1.54, 1.807) is 24.4 Å². The highest BCUT2D eigenvalue weighted by Crippen LogP contribution is 2.28. The van der Waals surface area contributed by atoms with Gasteiger partial charge in [0.15, 0.2) is 0 Å². The second kappa shape index (κ2) is 8.96. The molecule has 0 unspecified atom stereocenters. The van der Waals surface area contributed by atoms with Crippen molar-refractivity contribution in [1.29, 1.82) is 0 Å². The Hall–Kier alpha value is -2.18. The fourth-order valence-electron chi connectivity index (χ4n) is 3.15. The second-order valence-electron chi connectivity index (χ2n) is 6.43. The summed E-state index contributed by atoms with van der Waals surface area (Å²) in [6.45, 7) is 0.117. The number of hydrogen-bond acceptors (Lipinski definition) is 5. The van der Waals surface area contributed by atoms with Gasteiger partial charge in [0.05, 0.1) is 23.5 Å². The van der Waals surface area contributed by atoms with Crippen LogP contribution in [0.15, 0.2) is 30.5 Å². The van der Waals surface area contributed by atoms with Gasteiger partial charge in [0.25, 0.3) is 5.91 Å². The van der Waals surface area contributed by atoms with E-state index >= 15 is 0 Å². The lowest BCUT2D eigenvalue weighted by Gasteiger charge is -2.22. The smallest absolute Gasteiger partial charge is 0.251 e. The van der Waals surface area contributed by atoms with Crippen molar-refractivity contribution in [1.82, 2.24) is 15.3 Å². The molecule has 0 radical (unpaired) electrons. The van der Waals surface area contributed by atoms with Gasteiger partial charge in [-0.05, 0) is 25.0 Å². The number of rotatable bonds is 6. The van der Waals surface area contributed by atoms with Crippen molar-refractivity contribution in [2.45, 2.75) is 38.1 Å². The molecule has 0 atom stereocenters. The summed E-state index contributed by atoms with van der Waals surface area (Å²) in [5, 5.41) is 15.3. The van der Waals surface area contributed by atoms with Crippen molar-refractivity contribution in [3.05, 3.63) is 41.0 Å². The zero-order valence-corrected chi connectivity index (χ0v) is 15.3. The molecular weight excluding hydrogens is 352 g/mol. The van der Waals surface area contributed by atoms with Crippen molar-refractivity contribution in [3.8, 4) is 11.3 Å². The predicted molar refractivity (Wildman–Crippen MR) is 102 cm³/mol. The normalized spacial score (nSPS) is 14.8. The van der Waals surface area contributed by atoms with Crippen LogP contribution in [0.3, 0.4) is 0 Å². The Balaban J connectivity index is 1.81. The topological polar surface area (TPSA) is 87.1 Å². The number of nitrogens with one attached hydrogen (secondary N) is 2. The summed E-state index contributed by atoms with van der Waals surface area (Å²) in [5.74, 6) is 0.318. The average Bonchev–Trinajstić information content (AvgIpc) is 2.68. The first-order valence-corrected chi connectivity index (χ1v) is 9.34. The first-order chi connectivity index (χ1) is 12.7. The molecule has 26 heavy (non-hydrogen) atoms. The molecule has 0 bridgehead atoms. The van der Waals surface area contributed by atoms with Gasteiger partial charge >= 0.3 is 0 Å². The van der Waals surface area contributed by atoms with Crippen molar-refractivity contribution in [2.24, 2.45) is 0 Å². The van der Waals surface area contributed by atoms with Crippen molar-refractivity contribution < 1.29 is 9.90 Å². The molecule has 138 valence electrons. The van der Waals surface area contributed by atoms with Crippen molar-refractivity contribution >= 4 is 23.5 Å². The van der Waals surface area contributed by atoms with Gasteiger partial charge in [0, 0.05) is 23.7 Å². The number of aromatic nitrogens is 2. The molecule has 1 aromatic carbocycles. The Labute approximate surface area is 158 Å². The third kappa shape index (κ3) is 4.71. The van der Waals surface area contributed by atoms with E-state index in [1.807, 2.05) is 6.07 Å². The third-order valence-electron chi connectivity index (χ3n) is 4.48. The third-order valence-corrected chi connectivity index (χ3v) is 4.75. The summed E-state index contributed by atoms with van der Waals surface area (Å²) in [4.78, 5) is 21.0. The summed E-state index contributed by atoms with van der Waals surface area (Å²) in [6, 6.07) is 7.50. The molecule has 1 fully saturated rings. The van der Waals surface area contributed by atoms with Gasteiger partial charge in [-0.15, -0.1) is 0 Å². The number of aliphatic hydroxyl groups is 1. The minimum Gasteiger partial charge on any atom is -0.395 e. The van der Waals surface area contributed by atoms with E-state index in [0.717, 1.165) is 18.4 Å². The summed E-state index contributed by atoms with van der Waals surface area (Å²) >= 11 is 6.30. The molecule has 7 heteroatoms. The van der Waals surface area contributed by atoms with Crippen LogP contribution in [0.1, 0.15) is 42.5 Å². The van der Waals surface area contributed by atoms with Gasteiger partial charge in [-0.3, -0.25) is 4.79 Å². The van der Waals surface area contributed by atoms with E-state index in [4.69, 9.17) is 16.7 Å². The van der Waals surface area contributed by atoms with E-state index in [2.05, 4.69) is 20.6 Å². The van der Waals surface area contributed by atoms with E-state index in [9.17, 15) is 4.79 Å². The number of benzene rings is 1. The molecule has 2 aromatic rings. The van der Waals surface area contributed by atoms with E-state index < -0.39 is 0 Å². The average molecular weight is 375 g/mol. The number of anilines is 1. The van der Waals surface area contributed by atoms with Crippen LogP contribution in [0.4, 0.5) is 5.95 Å². The Morgan fingerprint density at radius 1 is 1.27 bits per heavy atom. The summed E-state index contributed by atoms with van der Waals surface area (Å²) < 4.78 is 0. The number of carbonyl (C=O) groups is 1. The quantitative estimate of drug-likeness (QED) is 0.722. The predicted octanol–water partition coefficient (Wildman–Crippen LogP) is 3.26. The van der Waals surface area contributed by atoms with Crippen molar-refractivity contribution in [2.75, 3.05) is 18.5 Å². The fourth-order valence-corrected chi connectivity index (χ4v) is 3.35. The maximum Gasteiger partial charge on any atom is 0.251 e. The van der Waals surface area contributed by atoms with Crippen LogP contribution in [0.2, 0.25) is 5.02 Å². The van der Waals surface area contributed by atoms with Gasteiger partial charge in [-0.1, -0.05) is 43.0 Å². The largest absolute Gasteiger partial charge is 0.395 e. The monoisotopic (exact) mass is 374 g/mol. The van der Waals surface area contributed by atoms with Gasteiger partial charge in [0.2, 0.25) is 5.95 Å². The number of halogens is 1. The second-order valence-corrected chi connectivity index (χ2v) is 6.84. The molecule has 0 saturated heterocycles. The molecule has 6 nitrogen and oxygen atoms in total. The minimum atomic E-state index is -0.244. The molecule has 1 aliphatic rings. The highest BCUT2D eigenvalue weighted by Gasteiger charge is 2.16. The number of carbonyl (C=O) groups excluding carboxylic acids is 1. The zero-order chi connectivity index (χ0) is 18.4. The summed E-state index contributed by atoms with van der Waals surface area (Å²) in [5.41, 5.74) is 1.84. The molecule has 1 amide bonds. The maximum absolute atomic E-state index is 12.1. The molecule has 3 N–H and O–H groups in total. The Morgan fingerprint density at radius 3 is 2.85 bits per heavy atom. The molecule has 1 aliphatic carbocycles. The lowest BCUT2D eigenvalue weighted by atomic mass is 9.96. The summed E-state index contributed by atoms with van der Waals surface area (Å²) in [6.07, 6.45) is 7.58. The molecule has 1 heterocycles. The highest BCUT2D eigenvalue weighted by atomic mass is 35.5. The lowest BCUT2D eigenvalue weighted by Crippen LogP contribution is -2.26. The van der Waals surface area contributed by atoms with Crippen LogP contribution in [0.25, 0.3) is 11.3 Å². The van der Waals surface area contributed by atoms with E-state index in [0.29, 0.717) is 28.3 Å². The molecule has 0 spiro atoms. The molecule has 1 aromatic heterocycles. The summed E-state index contributed by atoms with van der Waals surface area (Å²) in [7, 11) is 0. The SMILES string of the molecule is O=C(NCCO)c1cccc(-c2nc(NC3CCCCC3)ncc2Cl)c1. The number of hydrogen-bond donors (Lipinski definition) is 3. The van der Waals surface area contributed by atoms with Gasteiger partial charge in [-0.2, -0.15) is 0 Å². The maximum atomic E-state index is 12.1. The number of nitrogens with zero attached hydrogens (tertiary/aromatic N) is 2. The first-order valence-electron chi connectivity index (χ1n) is 8.96. The van der Waals surface area contributed by atoms with E-state index in [-0.39, 0.29) is 19.1 Å². The number of aliphatic hydroxyl groups excluding tert-OH is 1. The van der Waals surface area contributed by atoms with Crippen LogP contribution in [-0.2, 0) is 0 Å². The van der Waals surface area contributed by atoms with Crippen LogP contribution >= 0.6 is 11.6 Å². The standard InChI is InChI=1S/C19H23ClN4O2/c20-16-12-22-19(23-15-7-2-1-3-8-15)24-17(16)13-5-4-6-14(11-13)18(26)21-9-10-25/h4-6,11-12,15,25H,1-3,7-10H2,(H,21,26)(H,22,23,24). The van der Waals surface area contributed by atoms with Crippen molar-refractivity contribution in [3.63, 3.8) is 0 Å². The fraction of sp³-hybridized carbons (Fsp3) is 0.421. The highest BCUT2D eigenvalue weighted by molar-refractivity contribution is 6.32. The lowest BCUT2D eigenvalue weighted by molar-refractivity contribution is 0.0945. The Bertz CT molecular complexity index is 763. The first kappa shape index (κ1) is 18.6. The van der Waals surface area contributed by atoms with Crippen LogP contribution in [0, 0.1) is 0 Å². The molecular formula is C19H23ClN4O2. The van der Waals surface area contributed by atoms with Gasteiger partial charge in [-0.25, -0.2) is 9.97 Å². The molecule has 1 saturated carbocycles. The zero-order valence-electron chi connectivity index (χ0n) is 14.5. The van der Waals surface area contributed by atoms with E-state index in [1.165, 1.54) is 19.3 Å². The van der Waals surface area contributed by atoms with Gasteiger partial charge < -0.3 is 15.7 Å². The molecule has 3 rings (SSSR count). The Morgan fingerprint density at radius 2 is 2.08 bits per heavy atom. The minimum absolute atomic E-state index is 0.0979. The van der Waals surface area contributed by atoms with Gasteiger partial charge in [0.1, 0.15) is 0 Å². The molecule has 0 aliphatic heterocycles. The van der Waals surface area contributed by atoms with Crippen LogP contribution < -0.4 is 10.6 Å².